The number of halogens is 1. The highest BCUT2D eigenvalue weighted by atomic mass is 32.1. The maximum Gasteiger partial charge on any atom is 0.173 e. The molecule has 1 atom stereocenters. The molecule has 1 aliphatic heterocycles. The lowest BCUT2D eigenvalue weighted by atomic mass is 10.0. The first-order valence-electron chi connectivity index (χ1n) is 6.54. The van der Waals surface area contributed by atoms with Gasteiger partial charge >= 0.3 is 0 Å². The van der Waals surface area contributed by atoms with Crippen LogP contribution in [0.3, 0.4) is 0 Å². The number of anilines is 1. The molecule has 1 fully saturated rings. The summed E-state index contributed by atoms with van der Waals surface area (Å²) in [5.74, 6) is -0.226. The van der Waals surface area contributed by atoms with Crippen LogP contribution < -0.4 is 5.32 Å². The molecule has 1 aliphatic rings. The van der Waals surface area contributed by atoms with Gasteiger partial charge in [-0.1, -0.05) is 6.92 Å². The van der Waals surface area contributed by atoms with E-state index in [9.17, 15) is 4.39 Å². The number of likely N-dealkylation sites (tertiary alicyclic amines) is 1. The minimum absolute atomic E-state index is 0.226. The summed E-state index contributed by atoms with van der Waals surface area (Å²) >= 11 is 5.45. The van der Waals surface area contributed by atoms with E-state index in [0.717, 1.165) is 23.8 Å². The van der Waals surface area contributed by atoms with Crippen molar-refractivity contribution in [1.29, 1.82) is 0 Å². The number of hydrogen-bond donors (Lipinski definition) is 1. The summed E-state index contributed by atoms with van der Waals surface area (Å²) in [4.78, 5) is 2.27. The monoisotopic (exact) mass is 266 g/mol. The van der Waals surface area contributed by atoms with E-state index >= 15 is 0 Å². The number of hydrogen-bond acceptors (Lipinski definition) is 1. The number of piperidine rings is 1. The van der Waals surface area contributed by atoms with Crippen LogP contribution in [0.5, 0.6) is 0 Å². The molecule has 2 nitrogen and oxygen atoms in total. The van der Waals surface area contributed by atoms with Crippen molar-refractivity contribution in [3.05, 3.63) is 30.1 Å². The average Bonchev–Trinajstić information content (AvgIpc) is 2.41. The van der Waals surface area contributed by atoms with Gasteiger partial charge in [-0.05, 0) is 62.2 Å². The SMILES string of the molecule is CC[C@@H]1CCCCN1C(=S)Nc1ccc(F)cc1. The van der Waals surface area contributed by atoms with E-state index in [1.807, 2.05) is 0 Å². The van der Waals surface area contributed by atoms with Crippen LogP contribution in [0.15, 0.2) is 24.3 Å². The first-order chi connectivity index (χ1) is 8.70. The van der Waals surface area contributed by atoms with Gasteiger partial charge in [0.25, 0.3) is 0 Å². The fourth-order valence-corrected chi connectivity index (χ4v) is 2.78. The predicted octanol–water partition coefficient (Wildman–Crippen LogP) is 3.79. The lowest BCUT2D eigenvalue weighted by Gasteiger charge is -2.37. The third-order valence-electron chi connectivity index (χ3n) is 3.45. The van der Waals surface area contributed by atoms with Crippen LogP contribution in [0.1, 0.15) is 32.6 Å². The average molecular weight is 266 g/mol. The fraction of sp³-hybridized carbons (Fsp3) is 0.500. The fourth-order valence-electron chi connectivity index (χ4n) is 2.42. The Kier molecular flexibility index (Phi) is 4.53. The highest BCUT2D eigenvalue weighted by Crippen LogP contribution is 2.21. The Hall–Kier alpha value is -1.16. The summed E-state index contributed by atoms with van der Waals surface area (Å²) in [7, 11) is 0. The number of rotatable bonds is 2. The second kappa shape index (κ2) is 6.14. The Morgan fingerprint density at radius 3 is 2.78 bits per heavy atom. The summed E-state index contributed by atoms with van der Waals surface area (Å²) in [5.41, 5.74) is 0.849. The minimum Gasteiger partial charge on any atom is -0.346 e. The Labute approximate surface area is 113 Å². The number of nitrogens with one attached hydrogen (secondary N) is 1. The van der Waals surface area contributed by atoms with E-state index in [0.29, 0.717) is 6.04 Å². The van der Waals surface area contributed by atoms with Gasteiger partial charge in [-0.3, -0.25) is 0 Å². The van der Waals surface area contributed by atoms with E-state index in [-0.39, 0.29) is 5.82 Å². The lowest BCUT2D eigenvalue weighted by Crippen LogP contribution is -2.45. The number of nitrogens with zero attached hydrogens (tertiary/aromatic N) is 1. The molecule has 0 aliphatic carbocycles. The van der Waals surface area contributed by atoms with Gasteiger partial charge in [0.2, 0.25) is 0 Å². The molecule has 1 heterocycles. The van der Waals surface area contributed by atoms with E-state index in [1.54, 1.807) is 12.1 Å². The molecule has 0 radical (unpaired) electrons. The first-order valence-corrected chi connectivity index (χ1v) is 6.94. The Balaban J connectivity index is 2.00. The molecule has 1 aromatic carbocycles. The highest BCUT2D eigenvalue weighted by Gasteiger charge is 2.22. The quantitative estimate of drug-likeness (QED) is 0.820. The molecule has 0 aromatic heterocycles. The van der Waals surface area contributed by atoms with Crippen molar-refractivity contribution in [2.24, 2.45) is 0 Å². The summed E-state index contributed by atoms with van der Waals surface area (Å²) in [6.45, 7) is 3.22. The van der Waals surface area contributed by atoms with Crippen LogP contribution in [-0.4, -0.2) is 22.6 Å². The van der Waals surface area contributed by atoms with Crippen LogP contribution in [0.4, 0.5) is 10.1 Å². The van der Waals surface area contributed by atoms with E-state index < -0.39 is 0 Å². The van der Waals surface area contributed by atoms with Crippen molar-refractivity contribution >= 4 is 23.0 Å². The lowest BCUT2D eigenvalue weighted by molar-refractivity contribution is 0.239. The molecule has 4 heteroatoms. The highest BCUT2D eigenvalue weighted by molar-refractivity contribution is 7.80. The summed E-state index contributed by atoms with van der Waals surface area (Å²) < 4.78 is 12.8. The molecule has 1 saturated heterocycles. The molecule has 0 amide bonds. The Bertz CT molecular complexity index is 405. The second-order valence-electron chi connectivity index (χ2n) is 4.69. The molecule has 1 aromatic rings. The van der Waals surface area contributed by atoms with E-state index in [4.69, 9.17) is 12.2 Å². The van der Waals surface area contributed by atoms with Gasteiger partial charge in [-0.2, -0.15) is 0 Å². The molecule has 2 rings (SSSR count). The maximum absolute atomic E-state index is 12.8. The van der Waals surface area contributed by atoms with Crippen molar-refractivity contribution in [2.45, 2.75) is 38.6 Å². The van der Waals surface area contributed by atoms with Gasteiger partial charge in [0.05, 0.1) is 0 Å². The first kappa shape index (κ1) is 13.3. The van der Waals surface area contributed by atoms with Crippen molar-refractivity contribution in [3.63, 3.8) is 0 Å². The zero-order chi connectivity index (χ0) is 13.0. The number of benzene rings is 1. The molecule has 1 N–H and O–H groups in total. The van der Waals surface area contributed by atoms with E-state index in [1.165, 1.54) is 31.4 Å². The van der Waals surface area contributed by atoms with E-state index in [2.05, 4.69) is 17.1 Å². The molecule has 98 valence electrons. The topological polar surface area (TPSA) is 15.3 Å². The zero-order valence-corrected chi connectivity index (χ0v) is 11.5. The van der Waals surface area contributed by atoms with Gasteiger partial charge < -0.3 is 10.2 Å². The van der Waals surface area contributed by atoms with Crippen molar-refractivity contribution in [3.8, 4) is 0 Å². The number of thiocarbonyl (C=S) groups is 1. The van der Waals surface area contributed by atoms with Crippen LogP contribution in [-0.2, 0) is 0 Å². The van der Waals surface area contributed by atoms with Gasteiger partial charge in [-0.25, -0.2) is 4.39 Å². The molecular formula is C14H19FN2S. The smallest absolute Gasteiger partial charge is 0.173 e. The van der Waals surface area contributed by atoms with Crippen LogP contribution in [0.25, 0.3) is 0 Å². The van der Waals surface area contributed by atoms with Gasteiger partial charge in [0, 0.05) is 18.3 Å². The normalized spacial score (nSPS) is 19.7. The Morgan fingerprint density at radius 1 is 1.39 bits per heavy atom. The van der Waals surface area contributed by atoms with Crippen molar-refractivity contribution in [1.82, 2.24) is 4.90 Å². The van der Waals surface area contributed by atoms with Crippen LogP contribution >= 0.6 is 12.2 Å². The van der Waals surface area contributed by atoms with Crippen LogP contribution in [0, 0.1) is 5.82 Å². The second-order valence-corrected chi connectivity index (χ2v) is 5.07. The molecule has 0 spiro atoms. The summed E-state index contributed by atoms with van der Waals surface area (Å²) in [5, 5.41) is 3.95. The molecular weight excluding hydrogens is 247 g/mol. The van der Waals surface area contributed by atoms with Gasteiger partial charge in [0.1, 0.15) is 5.82 Å². The Morgan fingerprint density at radius 2 is 2.11 bits per heavy atom. The molecule has 0 saturated carbocycles. The predicted molar refractivity (Wildman–Crippen MR) is 77.3 cm³/mol. The summed E-state index contributed by atoms with van der Waals surface area (Å²) in [6.07, 6.45) is 4.81. The standard InChI is InChI=1S/C14H19FN2S/c1-2-13-5-3-4-10-17(13)14(18)16-12-8-6-11(15)7-9-12/h6-9,13H,2-5,10H2,1H3,(H,16,18)/t13-/m1/s1. The van der Waals surface area contributed by atoms with Crippen molar-refractivity contribution in [2.75, 3.05) is 11.9 Å². The summed E-state index contributed by atoms with van der Waals surface area (Å²) in [6, 6.07) is 6.86. The maximum atomic E-state index is 12.8. The zero-order valence-electron chi connectivity index (χ0n) is 10.7. The van der Waals surface area contributed by atoms with Crippen molar-refractivity contribution < 1.29 is 4.39 Å². The van der Waals surface area contributed by atoms with Gasteiger partial charge in [0.15, 0.2) is 5.11 Å². The molecule has 0 bridgehead atoms. The third kappa shape index (κ3) is 3.19. The molecule has 0 unspecified atom stereocenters. The minimum atomic E-state index is -0.226. The molecule has 18 heavy (non-hydrogen) atoms. The third-order valence-corrected chi connectivity index (χ3v) is 3.79. The largest absolute Gasteiger partial charge is 0.346 e. The van der Waals surface area contributed by atoms with Crippen LogP contribution in [0.2, 0.25) is 0 Å². The van der Waals surface area contributed by atoms with Gasteiger partial charge in [-0.15, -0.1) is 0 Å².